The number of nitrogens with one attached hydrogen (secondary N) is 1. The molecular weight excluding hydrogens is 442 g/mol. The highest BCUT2D eigenvalue weighted by Gasteiger charge is 2.64. The van der Waals surface area contributed by atoms with E-state index in [4.69, 9.17) is 0 Å². The first kappa shape index (κ1) is 25.6. The molecule has 4 aliphatic carbocycles. The van der Waals surface area contributed by atoms with Gasteiger partial charge in [0.1, 0.15) is 5.60 Å². The van der Waals surface area contributed by atoms with E-state index in [2.05, 4.69) is 83.0 Å². The summed E-state index contributed by atoms with van der Waals surface area (Å²) in [5.41, 5.74) is 2.66. The highest BCUT2D eigenvalue weighted by molar-refractivity contribution is 5.91. The second kappa shape index (κ2) is 9.05. The number of hydrogen-bond donors (Lipinski definition) is 2. The Morgan fingerprint density at radius 2 is 1.78 bits per heavy atom. The van der Waals surface area contributed by atoms with Crippen LogP contribution >= 0.6 is 0 Å². The predicted octanol–water partition coefficient (Wildman–Crippen LogP) is 7.12. The molecule has 0 heterocycles. The third kappa shape index (κ3) is 4.45. The highest BCUT2D eigenvalue weighted by Crippen LogP contribution is 2.68. The van der Waals surface area contributed by atoms with Crippen molar-refractivity contribution >= 4 is 11.5 Å². The summed E-state index contributed by atoms with van der Waals surface area (Å²) in [4.78, 5) is 12.3. The molecule has 3 nitrogen and oxygen atoms in total. The Balaban J connectivity index is 1.57. The normalized spacial score (nSPS) is 37.8. The van der Waals surface area contributed by atoms with Crippen LogP contribution in [0.5, 0.6) is 0 Å². The van der Waals surface area contributed by atoms with E-state index in [1.807, 2.05) is 6.08 Å². The lowest BCUT2D eigenvalue weighted by Gasteiger charge is -2.58. The summed E-state index contributed by atoms with van der Waals surface area (Å²) >= 11 is 0. The molecule has 3 saturated carbocycles. The van der Waals surface area contributed by atoms with Crippen molar-refractivity contribution in [2.75, 3.05) is 5.32 Å². The van der Waals surface area contributed by atoms with E-state index in [9.17, 15) is 9.90 Å². The van der Waals surface area contributed by atoms with Crippen LogP contribution in [0.2, 0.25) is 0 Å². The first-order valence-corrected chi connectivity index (χ1v) is 14.3. The maximum Gasteiger partial charge on any atom is 0.155 e. The minimum absolute atomic E-state index is 0.126. The van der Waals surface area contributed by atoms with Crippen LogP contribution in [0.25, 0.3) is 0 Å². The molecule has 5 rings (SSSR count). The molecule has 3 heteroatoms. The van der Waals surface area contributed by atoms with E-state index in [0.29, 0.717) is 47.8 Å². The van der Waals surface area contributed by atoms with Crippen molar-refractivity contribution in [2.24, 2.45) is 34.5 Å². The summed E-state index contributed by atoms with van der Waals surface area (Å²) in [6, 6.07) is 9.48. The van der Waals surface area contributed by atoms with Gasteiger partial charge in [0.15, 0.2) is 5.78 Å². The number of hydrogen-bond acceptors (Lipinski definition) is 3. The molecule has 0 amide bonds. The van der Waals surface area contributed by atoms with Crippen molar-refractivity contribution in [3.63, 3.8) is 0 Å². The van der Waals surface area contributed by atoms with E-state index in [-0.39, 0.29) is 10.8 Å². The summed E-state index contributed by atoms with van der Waals surface area (Å²) < 4.78 is 0. The summed E-state index contributed by atoms with van der Waals surface area (Å²) in [5.74, 6) is 9.63. The molecule has 1 unspecified atom stereocenters. The SMILES string of the molecule is CC(C)Nc1ccc([C@H]2C[C@@]3(C)[C@@H](CC[C@@]3(O)C#CC(C)(C)C)[C@@H]3CCC4=CC(=O)CC[C@@H]4C23)cc1. The third-order valence-electron chi connectivity index (χ3n) is 9.89. The van der Waals surface area contributed by atoms with Crippen LogP contribution in [0, 0.1) is 46.3 Å². The molecule has 7 atom stereocenters. The van der Waals surface area contributed by atoms with E-state index >= 15 is 0 Å². The summed E-state index contributed by atoms with van der Waals surface area (Å²) in [6.45, 7) is 13.1. The van der Waals surface area contributed by atoms with Gasteiger partial charge in [-0.15, -0.1) is 0 Å². The Kier molecular flexibility index (Phi) is 6.44. The van der Waals surface area contributed by atoms with Gasteiger partial charge in [-0.3, -0.25) is 4.79 Å². The topological polar surface area (TPSA) is 49.3 Å². The smallest absolute Gasteiger partial charge is 0.155 e. The number of anilines is 1. The van der Waals surface area contributed by atoms with Gasteiger partial charge < -0.3 is 10.4 Å². The zero-order valence-electron chi connectivity index (χ0n) is 23.2. The molecule has 0 aromatic heterocycles. The Labute approximate surface area is 218 Å². The molecule has 0 spiro atoms. The van der Waals surface area contributed by atoms with E-state index < -0.39 is 5.60 Å². The molecule has 0 saturated heterocycles. The molecule has 1 aromatic rings. The number of allylic oxidation sites excluding steroid dienone is 1. The van der Waals surface area contributed by atoms with Crippen LogP contribution in [0.3, 0.4) is 0 Å². The number of aliphatic hydroxyl groups is 1. The Hall–Kier alpha value is -2.05. The lowest BCUT2D eigenvalue weighted by Crippen LogP contribution is -2.54. The molecule has 2 N–H and O–H groups in total. The molecule has 0 radical (unpaired) electrons. The Morgan fingerprint density at radius 1 is 1.06 bits per heavy atom. The fourth-order valence-corrected chi connectivity index (χ4v) is 8.31. The minimum atomic E-state index is -0.939. The number of carbonyl (C=O) groups excluding carboxylic acids is 1. The minimum Gasteiger partial charge on any atom is -0.383 e. The van der Waals surface area contributed by atoms with Gasteiger partial charge in [0, 0.05) is 29.0 Å². The van der Waals surface area contributed by atoms with Crippen molar-refractivity contribution < 1.29 is 9.90 Å². The fourth-order valence-electron chi connectivity index (χ4n) is 8.31. The Morgan fingerprint density at radius 3 is 2.44 bits per heavy atom. The highest BCUT2D eigenvalue weighted by atomic mass is 16.3. The van der Waals surface area contributed by atoms with Crippen LogP contribution in [-0.2, 0) is 4.79 Å². The van der Waals surface area contributed by atoms with Crippen molar-refractivity contribution in [3.05, 3.63) is 41.5 Å². The molecule has 4 aliphatic rings. The molecule has 194 valence electrons. The monoisotopic (exact) mass is 487 g/mol. The number of benzene rings is 1. The van der Waals surface area contributed by atoms with Crippen molar-refractivity contribution in [1.29, 1.82) is 0 Å². The largest absolute Gasteiger partial charge is 0.383 e. The lowest BCUT2D eigenvalue weighted by atomic mass is 9.46. The van der Waals surface area contributed by atoms with Crippen LogP contribution in [0.15, 0.2) is 35.9 Å². The summed E-state index contributed by atoms with van der Waals surface area (Å²) in [5, 5.41) is 15.7. The van der Waals surface area contributed by atoms with Gasteiger partial charge in [0.05, 0.1) is 0 Å². The van der Waals surface area contributed by atoms with Crippen molar-refractivity contribution in [3.8, 4) is 11.8 Å². The fraction of sp³-hybridized carbons (Fsp3) is 0.667. The molecule has 36 heavy (non-hydrogen) atoms. The zero-order chi connectivity index (χ0) is 25.9. The van der Waals surface area contributed by atoms with Gasteiger partial charge >= 0.3 is 0 Å². The molecule has 1 aromatic carbocycles. The third-order valence-corrected chi connectivity index (χ3v) is 9.89. The van der Waals surface area contributed by atoms with E-state index in [1.54, 1.807) is 0 Å². The molecule has 0 bridgehead atoms. The summed E-state index contributed by atoms with van der Waals surface area (Å²) in [7, 11) is 0. The van der Waals surface area contributed by atoms with E-state index in [1.165, 1.54) is 11.1 Å². The average Bonchev–Trinajstić information content (AvgIpc) is 3.07. The van der Waals surface area contributed by atoms with Crippen LogP contribution in [0.4, 0.5) is 5.69 Å². The van der Waals surface area contributed by atoms with Gasteiger partial charge in [-0.1, -0.05) is 36.5 Å². The zero-order valence-corrected chi connectivity index (χ0v) is 23.2. The van der Waals surface area contributed by atoms with Gasteiger partial charge in [-0.25, -0.2) is 0 Å². The number of carbonyl (C=O) groups is 1. The predicted molar refractivity (Wildman–Crippen MR) is 148 cm³/mol. The molecule has 3 fully saturated rings. The van der Waals surface area contributed by atoms with Crippen molar-refractivity contribution in [2.45, 2.75) is 104 Å². The number of fused-ring (bicyclic) bond motifs is 5. The van der Waals surface area contributed by atoms with Gasteiger partial charge in [-0.05, 0) is 127 Å². The number of ketones is 1. The van der Waals surface area contributed by atoms with Gasteiger partial charge in [-0.2, -0.15) is 0 Å². The maximum absolute atomic E-state index is 12.3. The van der Waals surface area contributed by atoms with E-state index in [0.717, 1.165) is 44.2 Å². The Bertz CT molecular complexity index is 1100. The second-order valence-electron chi connectivity index (χ2n) is 13.8. The quantitative estimate of drug-likeness (QED) is 0.446. The van der Waals surface area contributed by atoms with Crippen molar-refractivity contribution in [1.82, 2.24) is 0 Å². The average molecular weight is 488 g/mol. The second-order valence-corrected chi connectivity index (χ2v) is 13.8. The molecule has 0 aliphatic heterocycles. The number of rotatable bonds is 3. The molecular formula is C33H45NO2. The van der Waals surface area contributed by atoms with Crippen LogP contribution < -0.4 is 5.32 Å². The van der Waals surface area contributed by atoms with Crippen LogP contribution in [0.1, 0.15) is 98.0 Å². The van der Waals surface area contributed by atoms with Crippen LogP contribution in [-0.4, -0.2) is 22.5 Å². The lowest BCUT2D eigenvalue weighted by molar-refractivity contribution is -0.117. The summed E-state index contributed by atoms with van der Waals surface area (Å²) in [6.07, 6.45) is 8.63. The first-order chi connectivity index (χ1) is 16.9. The first-order valence-electron chi connectivity index (χ1n) is 14.3. The van der Waals surface area contributed by atoms with Gasteiger partial charge in [0.25, 0.3) is 0 Å². The maximum atomic E-state index is 12.3. The van der Waals surface area contributed by atoms with Gasteiger partial charge in [0.2, 0.25) is 0 Å². The standard InChI is InChI=1S/C33H45NO2/c1-21(2)34-24-10-7-22(8-11-24)28-20-32(6)29(15-16-33(32,36)18-17-31(3,4)5)27-13-9-23-19-25(35)12-14-26(23)30(27)28/h7-8,10-11,19,21,26-30,34,36H,9,12-16,20H2,1-6H3/t26-,27-,28+,29-,30?,32-,33+/m0/s1.